The van der Waals surface area contributed by atoms with Crippen LogP contribution in [0.15, 0.2) is 18.2 Å². The van der Waals surface area contributed by atoms with Crippen LogP contribution in [0.3, 0.4) is 0 Å². The van der Waals surface area contributed by atoms with Crippen molar-refractivity contribution in [3.63, 3.8) is 0 Å². The quantitative estimate of drug-likeness (QED) is 0.728. The highest BCUT2D eigenvalue weighted by molar-refractivity contribution is 5.29. The van der Waals surface area contributed by atoms with Crippen molar-refractivity contribution in [2.45, 2.75) is 38.2 Å². The van der Waals surface area contributed by atoms with Crippen LogP contribution >= 0.6 is 0 Å². The molecule has 0 unspecified atom stereocenters. The van der Waals surface area contributed by atoms with Crippen molar-refractivity contribution < 1.29 is 9.50 Å². The van der Waals surface area contributed by atoms with Crippen LogP contribution in [0.5, 0.6) is 0 Å². The summed E-state index contributed by atoms with van der Waals surface area (Å²) in [5, 5.41) is 10.2. The lowest BCUT2D eigenvalue weighted by atomic mass is 9.91. The number of aryl methyl sites for hydroxylation is 1. The number of halogens is 1. The fourth-order valence-electron chi connectivity index (χ4n) is 2.25. The summed E-state index contributed by atoms with van der Waals surface area (Å²) in [6.45, 7) is 1.85. The van der Waals surface area contributed by atoms with E-state index in [0.29, 0.717) is 0 Å². The Kier molecular flexibility index (Phi) is 2.31. The molecule has 0 spiro atoms. The molecule has 0 heterocycles. The summed E-state index contributed by atoms with van der Waals surface area (Å²) in [6.07, 6.45) is 3.59. The maximum atomic E-state index is 13.1. The molecule has 1 saturated carbocycles. The van der Waals surface area contributed by atoms with Gasteiger partial charge in [-0.2, -0.15) is 0 Å². The van der Waals surface area contributed by atoms with Gasteiger partial charge in [0.25, 0.3) is 0 Å². The highest BCUT2D eigenvalue weighted by atomic mass is 19.1. The van der Waals surface area contributed by atoms with Crippen LogP contribution < -0.4 is 0 Å². The Morgan fingerprint density at radius 2 is 1.86 bits per heavy atom. The summed E-state index contributed by atoms with van der Waals surface area (Å²) >= 11 is 0. The van der Waals surface area contributed by atoms with Crippen LogP contribution in [0.25, 0.3) is 0 Å². The molecule has 1 aliphatic rings. The molecule has 0 aliphatic heterocycles. The zero-order valence-corrected chi connectivity index (χ0v) is 8.39. The fraction of sp³-hybridized carbons (Fsp3) is 0.500. The minimum atomic E-state index is -0.771. The first-order valence-electron chi connectivity index (χ1n) is 5.10. The van der Waals surface area contributed by atoms with E-state index < -0.39 is 5.60 Å². The number of hydrogen-bond acceptors (Lipinski definition) is 1. The second-order valence-electron chi connectivity index (χ2n) is 4.26. The van der Waals surface area contributed by atoms with Crippen LogP contribution in [0, 0.1) is 12.7 Å². The molecule has 0 saturated heterocycles. The average Bonchev–Trinajstić information content (AvgIpc) is 2.52. The summed E-state index contributed by atoms with van der Waals surface area (Å²) in [4.78, 5) is 0. The van der Waals surface area contributed by atoms with E-state index in [-0.39, 0.29) is 5.82 Å². The Hall–Kier alpha value is -0.890. The van der Waals surface area contributed by atoms with Crippen molar-refractivity contribution >= 4 is 0 Å². The summed E-state index contributed by atoms with van der Waals surface area (Å²) in [5.74, 6) is -0.250. The topological polar surface area (TPSA) is 20.2 Å². The van der Waals surface area contributed by atoms with Gasteiger partial charge >= 0.3 is 0 Å². The van der Waals surface area contributed by atoms with Crippen molar-refractivity contribution in [2.24, 2.45) is 0 Å². The molecule has 76 valence electrons. The van der Waals surface area contributed by atoms with Crippen LogP contribution in [0.1, 0.15) is 36.8 Å². The van der Waals surface area contributed by atoms with Gasteiger partial charge in [0, 0.05) is 0 Å². The Balaban J connectivity index is 2.40. The van der Waals surface area contributed by atoms with Gasteiger partial charge in [0.15, 0.2) is 0 Å². The summed E-state index contributed by atoms with van der Waals surface area (Å²) < 4.78 is 13.1. The lowest BCUT2D eigenvalue weighted by molar-refractivity contribution is 0.0441. The highest BCUT2D eigenvalue weighted by Gasteiger charge is 2.33. The van der Waals surface area contributed by atoms with Crippen molar-refractivity contribution in [3.05, 3.63) is 35.1 Å². The zero-order valence-electron chi connectivity index (χ0n) is 8.39. The molecule has 1 N–H and O–H groups in total. The molecule has 2 rings (SSSR count). The van der Waals surface area contributed by atoms with Gasteiger partial charge < -0.3 is 5.11 Å². The molecular formula is C12H15FO. The number of aliphatic hydroxyl groups is 1. The third-order valence-corrected chi connectivity index (χ3v) is 3.01. The van der Waals surface area contributed by atoms with Crippen molar-refractivity contribution in [1.29, 1.82) is 0 Å². The van der Waals surface area contributed by atoms with Gasteiger partial charge in [-0.05, 0) is 43.0 Å². The lowest BCUT2D eigenvalue weighted by Gasteiger charge is -2.23. The maximum absolute atomic E-state index is 13.1. The van der Waals surface area contributed by atoms with Crippen LogP contribution in [0.2, 0.25) is 0 Å². The van der Waals surface area contributed by atoms with Gasteiger partial charge in [0.2, 0.25) is 0 Å². The van der Waals surface area contributed by atoms with Crippen LogP contribution in [-0.4, -0.2) is 5.11 Å². The summed E-state index contributed by atoms with van der Waals surface area (Å²) in [5.41, 5.74) is 0.847. The minimum Gasteiger partial charge on any atom is -0.385 e. The SMILES string of the molecule is Cc1cc(F)cc(C2(O)CCCC2)c1. The van der Waals surface area contributed by atoms with Crippen molar-refractivity contribution in [1.82, 2.24) is 0 Å². The van der Waals surface area contributed by atoms with Gasteiger partial charge in [-0.15, -0.1) is 0 Å². The zero-order chi connectivity index (χ0) is 10.2. The third kappa shape index (κ3) is 1.67. The number of benzene rings is 1. The second-order valence-corrected chi connectivity index (χ2v) is 4.26. The fourth-order valence-corrected chi connectivity index (χ4v) is 2.25. The smallest absolute Gasteiger partial charge is 0.123 e. The van der Waals surface area contributed by atoms with Crippen molar-refractivity contribution in [2.75, 3.05) is 0 Å². The van der Waals surface area contributed by atoms with Gasteiger partial charge in [-0.1, -0.05) is 18.9 Å². The van der Waals surface area contributed by atoms with E-state index in [1.807, 2.05) is 13.0 Å². The third-order valence-electron chi connectivity index (χ3n) is 3.01. The summed E-state index contributed by atoms with van der Waals surface area (Å²) in [7, 11) is 0. The van der Waals surface area contributed by atoms with Gasteiger partial charge in [-0.25, -0.2) is 4.39 Å². The van der Waals surface area contributed by atoms with E-state index in [2.05, 4.69) is 0 Å². The van der Waals surface area contributed by atoms with Crippen molar-refractivity contribution in [3.8, 4) is 0 Å². The molecule has 2 heteroatoms. The predicted molar refractivity (Wildman–Crippen MR) is 53.5 cm³/mol. The van der Waals surface area contributed by atoms with Gasteiger partial charge in [0.1, 0.15) is 5.82 Å². The average molecular weight is 194 g/mol. The maximum Gasteiger partial charge on any atom is 0.123 e. The molecule has 0 atom stereocenters. The van der Waals surface area contributed by atoms with E-state index in [1.54, 1.807) is 0 Å². The molecular weight excluding hydrogens is 179 g/mol. The molecule has 0 amide bonds. The van der Waals surface area contributed by atoms with Gasteiger partial charge in [-0.3, -0.25) is 0 Å². The Bertz CT molecular complexity index is 320. The van der Waals surface area contributed by atoms with Crippen LogP contribution in [-0.2, 0) is 5.60 Å². The first-order valence-corrected chi connectivity index (χ1v) is 5.10. The number of hydrogen-bond donors (Lipinski definition) is 1. The number of rotatable bonds is 1. The Labute approximate surface area is 83.6 Å². The van der Waals surface area contributed by atoms with E-state index >= 15 is 0 Å². The molecule has 1 nitrogen and oxygen atoms in total. The van der Waals surface area contributed by atoms with E-state index in [4.69, 9.17) is 0 Å². The predicted octanol–water partition coefficient (Wildman–Crippen LogP) is 2.90. The highest BCUT2D eigenvalue weighted by Crippen LogP contribution is 2.38. The second kappa shape index (κ2) is 3.35. The van der Waals surface area contributed by atoms with E-state index in [0.717, 1.165) is 36.8 Å². The summed E-state index contributed by atoms with van der Waals surface area (Å²) in [6, 6.07) is 4.83. The van der Waals surface area contributed by atoms with Crippen LogP contribution in [0.4, 0.5) is 4.39 Å². The molecule has 1 aliphatic carbocycles. The normalized spacial score (nSPS) is 19.9. The lowest BCUT2D eigenvalue weighted by Crippen LogP contribution is -2.21. The monoisotopic (exact) mass is 194 g/mol. The van der Waals surface area contributed by atoms with E-state index in [1.165, 1.54) is 12.1 Å². The van der Waals surface area contributed by atoms with E-state index in [9.17, 15) is 9.50 Å². The molecule has 0 aromatic heterocycles. The largest absolute Gasteiger partial charge is 0.385 e. The van der Waals surface area contributed by atoms with Gasteiger partial charge in [0.05, 0.1) is 5.60 Å². The standard InChI is InChI=1S/C12H15FO/c1-9-6-10(8-11(13)7-9)12(14)4-2-3-5-12/h6-8,14H,2-5H2,1H3. The first kappa shape index (κ1) is 9.66. The Morgan fingerprint density at radius 3 is 2.43 bits per heavy atom. The first-order chi connectivity index (χ1) is 6.60. The molecule has 1 aromatic rings. The minimum absolute atomic E-state index is 0.250. The molecule has 0 bridgehead atoms. The molecule has 0 radical (unpaired) electrons. The molecule has 1 fully saturated rings. The molecule has 14 heavy (non-hydrogen) atoms. The molecule has 1 aromatic carbocycles. The Morgan fingerprint density at radius 1 is 1.21 bits per heavy atom.